The molecule has 0 rings (SSSR count). The molecular formula is C22H51NO8Si2. The molecule has 2 atom stereocenters. The molecule has 0 bridgehead atoms. The summed E-state index contributed by atoms with van der Waals surface area (Å²) in [6.07, 6.45) is 6.11. The average Bonchev–Trinajstić information content (AvgIpc) is 2.84. The molecule has 0 aromatic rings. The lowest BCUT2D eigenvalue weighted by molar-refractivity contribution is -0.502. The van der Waals surface area contributed by atoms with Crippen molar-refractivity contribution in [3.05, 3.63) is 0 Å². The van der Waals surface area contributed by atoms with Gasteiger partial charge in [-0.05, 0) is 12.8 Å². The maximum atomic E-state index is 6.32. The van der Waals surface area contributed by atoms with Gasteiger partial charge in [0.2, 0.25) is 10.8 Å². The zero-order valence-corrected chi connectivity index (χ0v) is 27.1. The van der Waals surface area contributed by atoms with Crippen molar-refractivity contribution in [1.82, 2.24) is 4.90 Å². The third-order valence-electron chi connectivity index (χ3n) is 6.31. The Labute approximate surface area is 207 Å². The number of hydrogen-bond acceptors (Lipinski definition) is 9. The first-order valence-corrected chi connectivity index (χ1v) is 14.0. The van der Waals surface area contributed by atoms with Gasteiger partial charge in [-0.3, -0.25) is 0 Å². The summed E-state index contributed by atoms with van der Waals surface area (Å²) in [7, 11) is 10.3. The molecule has 0 radical (unpaired) electrons. The number of ether oxygens (including phenoxy) is 8. The minimum Gasteiger partial charge on any atom is -0.352 e. The molecule has 0 aliphatic heterocycles. The minimum absolute atomic E-state index is 0.403. The van der Waals surface area contributed by atoms with Gasteiger partial charge in [0.1, 0.15) is 0 Å². The van der Waals surface area contributed by atoms with E-state index in [2.05, 4.69) is 13.8 Å². The fraction of sp³-hybridized carbons (Fsp3) is 1.00. The highest BCUT2D eigenvalue weighted by atomic mass is 28.2. The van der Waals surface area contributed by atoms with Crippen LogP contribution in [0.2, 0.25) is 0 Å². The molecule has 0 aliphatic carbocycles. The Hall–Kier alpha value is 0.0738. The van der Waals surface area contributed by atoms with E-state index in [0.717, 1.165) is 38.5 Å². The number of unbranched alkanes of at least 4 members (excludes halogenated alkanes) is 4. The predicted octanol–water partition coefficient (Wildman–Crippen LogP) is 0.946. The lowest BCUT2D eigenvalue weighted by atomic mass is 10.2. The molecule has 200 valence electrons. The minimum atomic E-state index is -1.50. The molecule has 0 aliphatic rings. The summed E-state index contributed by atoms with van der Waals surface area (Å²) in [5, 5.41) is 0. The van der Waals surface area contributed by atoms with Crippen molar-refractivity contribution >= 4 is 20.5 Å². The first-order valence-electron chi connectivity index (χ1n) is 12.0. The van der Waals surface area contributed by atoms with Crippen LogP contribution in [0.5, 0.6) is 0 Å². The topological polar surface area (TPSA) is 77.1 Å². The Kier molecular flexibility index (Phi) is 16.0. The summed E-state index contributed by atoms with van der Waals surface area (Å²) in [6, 6.07) is 0. The van der Waals surface area contributed by atoms with Gasteiger partial charge in [-0.2, -0.15) is 4.90 Å². The molecule has 0 amide bonds. The van der Waals surface area contributed by atoms with Gasteiger partial charge in [0.15, 0.2) is 0 Å². The first-order chi connectivity index (χ1) is 15.7. The summed E-state index contributed by atoms with van der Waals surface area (Å²) < 4.78 is 48.9. The molecule has 0 N–H and O–H groups in total. The van der Waals surface area contributed by atoms with Crippen molar-refractivity contribution in [3.63, 3.8) is 0 Å². The SMILES string of the molecule is CCCCCOC([SiH3])(OC)C(OC)(OC)N(CC)C(OC)(OC)C([SiH3])(OC)OCCCCC. The summed E-state index contributed by atoms with van der Waals surface area (Å²) in [5.41, 5.74) is -2.39. The summed E-state index contributed by atoms with van der Waals surface area (Å²) in [5.74, 6) is -3.00. The van der Waals surface area contributed by atoms with Gasteiger partial charge in [0.05, 0.1) is 20.5 Å². The number of methoxy groups -OCH3 is 6. The molecule has 0 heterocycles. The highest BCUT2D eigenvalue weighted by Gasteiger charge is 2.67. The maximum absolute atomic E-state index is 6.32. The number of hydrogen-bond donors (Lipinski definition) is 0. The van der Waals surface area contributed by atoms with Gasteiger partial charge in [-0.25, -0.2) is 0 Å². The molecule has 0 fully saturated rings. The van der Waals surface area contributed by atoms with Gasteiger partial charge < -0.3 is 37.9 Å². The Morgan fingerprint density at radius 1 is 0.545 bits per heavy atom. The Bertz CT molecular complexity index is 469. The normalized spacial score (nSPS) is 16.9. The van der Waals surface area contributed by atoms with Crippen molar-refractivity contribution in [2.45, 2.75) is 81.9 Å². The maximum Gasteiger partial charge on any atom is 0.285 e. The van der Waals surface area contributed by atoms with Gasteiger partial charge in [0, 0.05) is 62.4 Å². The van der Waals surface area contributed by atoms with Crippen molar-refractivity contribution < 1.29 is 37.9 Å². The largest absolute Gasteiger partial charge is 0.352 e. The summed E-state index contributed by atoms with van der Waals surface area (Å²) in [6.45, 7) is 7.68. The predicted molar refractivity (Wildman–Crippen MR) is 136 cm³/mol. The van der Waals surface area contributed by atoms with E-state index in [-0.39, 0.29) is 0 Å². The fourth-order valence-electron chi connectivity index (χ4n) is 4.25. The molecule has 2 unspecified atom stereocenters. The zero-order chi connectivity index (χ0) is 25.6. The van der Waals surface area contributed by atoms with Crippen LogP contribution in [0.1, 0.15) is 59.3 Å². The average molecular weight is 514 g/mol. The van der Waals surface area contributed by atoms with Crippen LogP contribution < -0.4 is 0 Å². The van der Waals surface area contributed by atoms with Gasteiger partial charge in [-0.15, -0.1) is 0 Å². The molecule has 0 aromatic carbocycles. The van der Waals surface area contributed by atoms with Gasteiger partial charge >= 0.3 is 0 Å². The van der Waals surface area contributed by atoms with E-state index in [1.165, 1.54) is 0 Å². The van der Waals surface area contributed by atoms with E-state index >= 15 is 0 Å². The standard InChI is InChI=1S/C22H51NO8Si2/c1-10-13-15-17-30-21(32,28-8)19(24-4,25-5)23(12-3)20(26-6,27-7)22(33,29-9)31-18-16-14-11-2/h10-18H2,1-9,32-33H3. The Morgan fingerprint density at radius 3 is 1.09 bits per heavy atom. The summed E-state index contributed by atoms with van der Waals surface area (Å²) >= 11 is 0. The lowest BCUT2D eigenvalue weighted by Gasteiger charge is -2.58. The second kappa shape index (κ2) is 15.9. The quantitative estimate of drug-likeness (QED) is 0.127. The highest BCUT2D eigenvalue weighted by molar-refractivity contribution is 6.14. The van der Waals surface area contributed by atoms with E-state index < -0.39 is 22.6 Å². The molecule has 9 nitrogen and oxygen atoms in total. The number of rotatable bonds is 21. The van der Waals surface area contributed by atoms with Gasteiger partial charge in [0.25, 0.3) is 11.8 Å². The Balaban J connectivity index is 6.52. The number of nitrogens with zero attached hydrogens (tertiary/aromatic N) is 1. The second-order valence-corrected chi connectivity index (χ2v) is 10.8. The van der Waals surface area contributed by atoms with Crippen molar-refractivity contribution in [2.24, 2.45) is 0 Å². The molecular weight excluding hydrogens is 462 g/mol. The molecule has 0 spiro atoms. The highest BCUT2D eigenvalue weighted by Crippen LogP contribution is 2.43. The van der Waals surface area contributed by atoms with E-state index in [0.29, 0.717) is 40.2 Å². The van der Waals surface area contributed by atoms with Crippen LogP contribution in [-0.4, -0.2) is 110 Å². The third kappa shape index (κ3) is 7.07. The van der Waals surface area contributed by atoms with Crippen LogP contribution >= 0.6 is 0 Å². The van der Waals surface area contributed by atoms with Crippen LogP contribution in [0.25, 0.3) is 0 Å². The first kappa shape index (κ1) is 33.1. The van der Waals surface area contributed by atoms with E-state index in [1.54, 1.807) is 47.6 Å². The molecule has 11 heteroatoms. The van der Waals surface area contributed by atoms with Crippen molar-refractivity contribution in [2.75, 3.05) is 62.4 Å². The van der Waals surface area contributed by atoms with Crippen LogP contribution in [0.4, 0.5) is 0 Å². The van der Waals surface area contributed by atoms with Crippen LogP contribution in [0.3, 0.4) is 0 Å². The van der Waals surface area contributed by atoms with Gasteiger partial charge in [-0.1, -0.05) is 46.5 Å². The monoisotopic (exact) mass is 513 g/mol. The molecule has 0 saturated heterocycles. The smallest absolute Gasteiger partial charge is 0.285 e. The van der Waals surface area contributed by atoms with Crippen LogP contribution in [0, 0.1) is 0 Å². The van der Waals surface area contributed by atoms with E-state index in [4.69, 9.17) is 37.9 Å². The zero-order valence-electron chi connectivity index (χ0n) is 23.1. The van der Waals surface area contributed by atoms with Crippen LogP contribution in [0.15, 0.2) is 0 Å². The van der Waals surface area contributed by atoms with E-state index in [1.807, 2.05) is 6.92 Å². The molecule has 0 saturated carbocycles. The lowest BCUT2D eigenvalue weighted by Crippen LogP contribution is -2.80. The molecule has 0 aromatic heterocycles. The van der Waals surface area contributed by atoms with E-state index in [9.17, 15) is 0 Å². The van der Waals surface area contributed by atoms with Crippen LogP contribution in [-0.2, 0) is 37.9 Å². The summed E-state index contributed by atoms with van der Waals surface area (Å²) in [4.78, 5) is 1.80. The number of likely N-dealkylation sites (N-methyl/N-ethyl adjacent to an activating group) is 1. The Morgan fingerprint density at radius 2 is 0.879 bits per heavy atom. The second-order valence-electron chi connectivity index (χ2n) is 8.14. The van der Waals surface area contributed by atoms with Crippen molar-refractivity contribution in [3.8, 4) is 0 Å². The fourth-order valence-corrected chi connectivity index (χ4v) is 6.01. The molecule has 33 heavy (non-hydrogen) atoms. The van der Waals surface area contributed by atoms with Crippen molar-refractivity contribution in [1.29, 1.82) is 0 Å². The third-order valence-corrected chi connectivity index (χ3v) is 8.97.